The van der Waals surface area contributed by atoms with Gasteiger partial charge in [0.1, 0.15) is 6.07 Å². The molecule has 2 aromatic rings. The second-order valence-electron chi connectivity index (χ2n) is 2.82. The normalized spacial score (nSPS) is 10.0. The summed E-state index contributed by atoms with van der Waals surface area (Å²) in [5.41, 5.74) is 0.794. The zero-order chi connectivity index (χ0) is 10.1. The fourth-order valence-electron chi connectivity index (χ4n) is 1.34. The smallest absolute Gasteiger partial charge is 0.249 e. The molecule has 0 unspecified atom stereocenters. The van der Waals surface area contributed by atoms with Crippen molar-refractivity contribution in [1.82, 2.24) is 4.98 Å². The Hall–Kier alpha value is -1.60. The first kappa shape index (κ1) is 8.97. The minimum atomic E-state index is -0.263. The molecule has 0 spiro atoms. The number of nitrogens with zero attached hydrogens (tertiary/aromatic N) is 1. The van der Waals surface area contributed by atoms with Crippen LogP contribution in [0.2, 0.25) is 0 Å². The van der Waals surface area contributed by atoms with Crippen LogP contribution in [0.15, 0.2) is 33.5 Å². The number of rotatable bonds is 0. The summed E-state index contributed by atoms with van der Waals surface area (Å²) in [5.74, 6) is 0. The number of nitriles is 1. The van der Waals surface area contributed by atoms with Crippen LogP contribution in [0, 0.1) is 11.3 Å². The summed E-state index contributed by atoms with van der Waals surface area (Å²) in [6.07, 6.45) is 0. The maximum atomic E-state index is 11.2. The average Bonchev–Trinajstić information content (AvgIpc) is 2.18. The Bertz CT molecular complexity index is 595. The minimum Gasteiger partial charge on any atom is -0.321 e. The van der Waals surface area contributed by atoms with Crippen molar-refractivity contribution in [2.45, 2.75) is 0 Å². The van der Waals surface area contributed by atoms with E-state index in [9.17, 15) is 4.79 Å². The second-order valence-corrected chi connectivity index (χ2v) is 3.68. The van der Waals surface area contributed by atoms with Crippen molar-refractivity contribution in [2.75, 3.05) is 0 Å². The van der Waals surface area contributed by atoms with Gasteiger partial charge in [-0.3, -0.25) is 4.79 Å². The van der Waals surface area contributed by atoms with Crippen LogP contribution in [-0.4, -0.2) is 4.98 Å². The van der Waals surface area contributed by atoms with E-state index >= 15 is 0 Å². The predicted octanol–water partition coefficient (Wildman–Crippen LogP) is 2.16. The number of para-hydroxylation sites is 1. The van der Waals surface area contributed by atoms with Gasteiger partial charge in [-0.05, 0) is 22.0 Å². The molecule has 14 heavy (non-hydrogen) atoms. The van der Waals surface area contributed by atoms with Gasteiger partial charge in [0.25, 0.3) is 0 Å². The lowest BCUT2D eigenvalue weighted by Crippen LogP contribution is -2.05. The summed E-state index contributed by atoms with van der Waals surface area (Å²) in [6.45, 7) is 0. The fraction of sp³-hybridized carbons (Fsp3) is 0. The summed E-state index contributed by atoms with van der Waals surface area (Å²) >= 11 is 3.31. The lowest BCUT2D eigenvalue weighted by molar-refractivity contribution is 1.29. The Kier molecular flexibility index (Phi) is 2.10. The Morgan fingerprint density at radius 2 is 2.21 bits per heavy atom. The van der Waals surface area contributed by atoms with Gasteiger partial charge in [-0.1, -0.05) is 12.1 Å². The molecule has 68 valence electrons. The molecule has 0 aliphatic heterocycles. The number of hydrogen-bond acceptors (Lipinski definition) is 2. The van der Waals surface area contributed by atoms with Crippen molar-refractivity contribution in [3.8, 4) is 6.07 Å². The van der Waals surface area contributed by atoms with Crippen LogP contribution in [0.4, 0.5) is 0 Å². The Morgan fingerprint density at radius 1 is 1.43 bits per heavy atom. The van der Waals surface area contributed by atoms with Gasteiger partial charge >= 0.3 is 0 Å². The summed E-state index contributed by atoms with van der Waals surface area (Å²) < 4.78 is 0.782. The Morgan fingerprint density at radius 3 is 2.93 bits per heavy atom. The Balaban J connectivity index is 3.04. The highest BCUT2D eigenvalue weighted by Crippen LogP contribution is 2.22. The van der Waals surface area contributed by atoms with Crippen molar-refractivity contribution in [1.29, 1.82) is 5.26 Å². The number of halogens is 1. The molecular formula is C10H5BrN2O. The van der Waals surface area contributed by atoms with Crippen LogP contribution >= 0.6 is 15.9 Å². The molecule has 0 aliphatic carbocycles. The third kappa shape index (κ3) is 1.32. The summed E-state index contributed by atoms with van der Waals surface area (Å²) in [6, 6.07) is 8.74. The van der Waals surface area contributed by atoms with Gasteiger partial charge in [-0.15, -0.1) is 0 Å². The van der Waals surface area contributed by atoms with E-state index in [4.69, 9.17) is 5.26 Å². The molecule has 0 fully saturated rings. The second kappa shape index (κ2) is 3.28. The van der Waals surface area contributed by atoms with Gasteiger partial charge < -0.3 is 4.98 Å². The molecule has 3 nitrogen and oxygen atoms in total. The van der Waals surface area contributed by atoms with Crippen molar-refractivity contribution in [2.24, 2.45) is 0 Å². The number of aromatic amines is 1. The fourth-order valence-corrected chi connectivity index (χ4v) is 1.80. The molecule has 1 aromatic carbocycles. The highest BCUT2D eigenvalue weighted by atomic mass is 79.9. The molecular weight excluding hydrogens is 244 g/mol. The number of H-pyrrole nitrogens is 1. The third-order valence-electron chi connectivity index (χ3n) is 1.95. The van der Waals surface area contributed by atoms with E-state index in [2.05, 4.69) is 20.9 Å². The minimum absolute atomic E-state index is 0.263. The van der Waals surface area contributed by atoms with E-state index < -0.39 is 0 Å². The number of aromatic nitrogens is 1. The number of hydrogen-bond donors (Lipinski definition) is 1. The zero-order valence-corrected chi connectivity index (χ0v) is 8.63. The van der Waals surface area contributed by atoms with E-state index in [0.29, 0.717) is 11.1 Å². The van der Waals surface area contributed by atoms with Gasteiger partial charge in [0.2, 0.25) is 5.56 Å². The van der Waals surface area contributed by atoms with Gasteiger partial charge in [-0.25, -0.2) is 0 Å². The van der Waals surface area contributed by atoms with Crippen molar-refractivity contribution in [3.05, 3.63) is 44.7 Å². The number of pyridine rings is 1. The molecule has 0 atom stereocenters. The van der Waals surface area contributed by atoms with E-state index in [1.54, 1.807) is 6.07 Å². The summed E-state index contributed by atoms with van der Waals surface area (Å²) in [7, 11) is 0. The molecule has 0 radical (unpaired) electrons. The van der Waals surface area contributed by atoms with Crippen molar-refractivity contribution in [3.63, 3.8) is 0 Å². The highest BCUT2D eigenvalue weighted by molar-refractivity contribution is 9.10. The predicted molar refractivity (Wildman–Crippen MR) is 57.0 cm³/mol. The largest absolute Gasteiger partial charge is 0.321 e. The molecule has 0 amide bonds. The standard InChI is InChI=1S/C10H5BrN2O/c11-8-3-1-2-7-6(5-12)4-9(14)13-10(7)8/h1-4H,(H,13,14). The van der Waals surface area contributed by atoms with Crippen LogP contribution < -0.4 is 5.56 Å². The first-order chi connectivity index (χ1) is 6.72. The van der Waals surface area contributed by atoms with Crippen LogP contribution in [-0.2, 0) is 0 Å². The van der Waals surface area contributed by atoms with E-state index in [-0.39, 0.29) is 5.56 Å². The van der Waals surface area contributed by atoms with Crippen molar-refractivity contribution >= 4 is 26.8 Å². The maximum Gasteiger partial charge on any atom is 0.249 e. The third-order valence-corrected chi connectivity index (χ3v) is 2.61. The number of benzene rings is 1. The topological polar surface area (TPSA) is 56.6 Å². The van der Waals surface area contributed by atoms with Crippen LogP contribution in [0.5, 0.6) is 0 Å². The van der Waals surface area contributed by atoms with E-state index in [0.717, 1.165) is 9.86 Å². The molecule has 2 rings (SSSR count). The zero-order valence-electron chi connectivity index (χ0n) is 7.04. The van der Waals surface area contributed by atoms with Crippen molar-refractivity contribution < 1.29 is 0 Å². The average molecular weight is 249 g/mol. The highest BCUT2D eigenvalue weighted by Gasteiger charge is 2.04. The number of fused-ring (bicyclic) bond motifs is 1. The lowest BCUT2D eigenvalue weighted by Gasteiger charge is -2.00. The molecule has 0 aliphatic rings. The molecule has 1 N–H and O–H groups in total. The molecule has 4 heteroatoms. The van der Waals surface area contributed by atoms with Gasteiger partial charge in [0.15, 0.2) is 0 Å². The molecule has 0 bridgehead atoms. The molecule has 1 heterocycles. The SMILES string of the molecule is N#Cc1cc(=O)[nH]c2c(Br)cccc12. The molecule has 0 saturated heterocycles. The van der Waals surface area contributed by atoms with Gasteiger partial charge in [-0.2, -0.15) is 5.26 Å². The van der Waals surface area contributed by atoms with Crippen LogP contribution in [0.25, 0.3) is 10.9 Å². The monoisotopic (exact) mass is 248 g/mol. The van der Waals surface area contributed by atoms with Gasteiger partial charge in [0.05, 0.1) is 11.1 Å². The van der Waals surface area contributed by atoms with E-state index in [1.807, 2.05) is 18.2 Å². The Labute approximate surface area is 88.1 Å². The molecule has 0 saturated carbocycles. The summed E-state index contributed by atoms with van der Waals surface area (Å²) in [5, 5.41) is 9.58. The quantitative estimate of drug-likeness (QED) is 0.777. The first-order valence-corrected chi connectivity index (χ1v) is 4.73. The lowest BCUT2D eigenvalue weighted by atomic mass is 10.1. The first-order valence-electron chi connectivity index (χ1n) is 3.94. The van der Waals surface area contributed by atoms with Crippen LogP contribution in [0.1, 0.15) is 5.56 Å². The van der Waals surface area contributed by atoms with Crippen LogP contribution in [0.3, 0.4) is 0 Å². The summed E-state index contributed by atoms with van der Waals surface area (Å²) in [4.78, 5) is 13.9. The molecule has 1 aromatic heterocycles. The van der Waals surface area contributed by atoms with Gasteiger partial charge in [0, 0.05) is 15.9 Å². The number of nitrogens with one attached hydrogen (secondary N) is 1. The maximum absolute atomic E-state index is 11.2. The van der Waals surface area contributed by atoms with E-state index in [1.165, 1.54) is 6.07 Å².